The van der Waals surface area contributed by atoms with E-state index in [2.05, 4.69) is 14.5 Å². The van der Waals surface area contributed by atoms with Gasteiger partial charge >= 0.3 is 0 Å². The second-order valence-electron chi connectivity index (χ2n) is 4.22. The molecule has 0 radical (unpaired) electrons. The van der Waals surface area contributed by atoms with E-state index in [1.807, 2.05) is 32.3 Å². The molecule has 0 saturated heterocycles. The van der Waals surface area contributed by atoms with Crippen molar-refractivity contribution in [2.75, 3.05) is 20.6 Å². The van der Waals surface area contributed by atoms with E-state index < -0.39 is 0 Å². The third kappa shape index (κ3) is 2.57. The Balaban J connectivity index is 2.49. The van der Waals surface area contributed by atoms with E-state index in [0.717, 1.165) is 35.0 Å². The Bertz CT molecular complexity index is 520. The smallest absolute Gasteiger partial charge is 0.124 e. The number of aromatic nitrogens is 2. The van der Waals surface area contributed by atoms with Crippen LogP contribution in [0.25, 0.3) is 11.0 Å². The third-order valence-electron chi connectivity index (χ3n) is 2.69. The fourth-order valence-electron chi connectivity index (χ4n) is 1.83. The van der Waals surface area contributed by atoms with E-state index >= 15 is 0 Å². The van der Waals surface area contributed by atoms with Gasteiger partial charge in [-0.15, -0.1) is 11.6 Å². The predicted molar refractivity (Wildman–Crippen MR) is 72.9 cm³/mol. The van der Waals surface area contributed by atoms with Crippen molar-refractivity contribution in [3.63, 3.8) is 0 Å². The summed E-state index contributed by atoms with van der Waals surface area (Å²) in [6.07, 6.45) is 0. The van der Waals surface area contributed by atoms with Crippen LogP contribution in [0, 0.1) is 0 Å². The Morgan fingerprint density at radius 2 is 2.12 bits per heavy atom. The lowest BCUT2D eigenvalue weighted by atomic mass is 10.3. The molecule has 0 atom stereocenters. The predicted octanol–water partition coefficient (Wildman–Crippen LogP) is 2.99. The van der Waals surface area contributed by atoms with E-state index in [0.29, 0.717) is 5.88 Å². The number of nitrogens with zero attached hydrogens (tertiary/aromatic N) is 3. The molecule has 92 valence electrons. The summed E-state index contributed by atoms with van der Waals surface area (Å²) < 4.78 is 2.10. The van der Waals surface area contributed by atoms with Crippen molar-refractivity contribution in [1.29, 1.82) is 0 Å². The number of imidazole rings is 1. The minimum absolute atomic E-state index is 0.401. The van der Waals surface area contributed by atoms with Gasteiger partial charge in [0.05, 0.1) is 21.9 Å². The van der Waals surface area contributed by atoms with E-state index in [-0.39, 0.29) is 0 Å². The molecular weight excluding hydrogens is 257 g/mol. The summed E-state index contributed by atoms with van der Waals surface area (Å²) in [4.78, 5) is 6.62. The van der Waals surface area contributed by atoms with Crippen LogP contribution >= 0.6 is 23.2 Å². The minimum atomic E-state index is 0.401. The standard InChI is InChI=1S/C12H15Cl2N3/c1-16(2)6-7-17-11(8-13)15-10-5-3-4-9(14)12(10)17/h3-5H,6-8H2,1-2H3. The van der Waals surface area contributed by atoms with Gasteiger partial charge in [-0.1, -0.05) is 17.7 Å². The number of rotatable bonds is 4. The Kier molecular flexibility index (Phi) is 3.92. The molecule has 1 aromatic carbocycles. The SMILES string of the molecule is CN(C)CCn1c(CCl)nc2cccc(Cl)c21. The molecule has 1 heterocycles. The van der Waals surface area contributed by atoms with Crippen LogP contribution < -0.4 is 0 Å². The molecule has 17 heavy (non-hydrogen) atoms. The van der Waals surface area contributed by atoms with Gasteiger partial charge < -0.3 is 9.47 Å². The van der Waals surface area contributed by atoms with Gasteiger partial charge in [0, 0.05) is 13.1 Å². The van der Waals surface area contributed by atoms with Gasteiger partial charge in [-0.2, -0.15) is 0 Å². The highest BCUT2D eigenvalue weighted by Gasteiger charge is 2.12. The number of benzene rings is 1. The Morgan fingerprint density at radius 3 is 2.76 bits per heavy atom. The zero-order valence-electron chi connectivity index (χ0n) is 9.95. The lowest BCUT2D eigenvalue weighted by molar-refractivity contribution is 0.384. The monoisotopic (exact) mass is 271 g/mol. The molecule has 0 N–H and O–H groups in total. The highest BCUT2D eigenvalue weighted by Crippen LogP contribution is 2.25. The second-order valence-corrected chi connectivity index (χ2v) is 4.90. The first-order chi connectivity index (χ1) is 8.13. The molecule has 5 heteroatoms. The number of fused-ring (bicyclic) bond motifs is 1. The van der Waals surface area contributed by atoms with Crippen LogP contribution in [0.15, 0.2) is 18.2 Å². The van der Waals surface area contributed by atoms with Crippen LogP contribution in [0.4, 0.5) is 0 Å². The molecule has 0 spiro atoms. The van der Waals surface area contributed by atoms with Crippen LogP contribution in [0.1, 0.15) is 5.82 Å². The number of likely N-dealkylation sites (N-methyl/N-ethyl adjacent to an activating group) is 1. The third-order valence-corrected chi connectivity index (χ3v) is 3.23. The molecule has 0 aliphatic rings. The average Bonchev–Trinajstić information content (AvgIpc) is 2.65. The summed E-state index contributed by atoms with van der Waals surface area (Å²) in [7, 11) is 4.09. The van der Waals surface area contributed by atoms with E-state index in [1.165, 1.54) is 0 Å². The first-order valence-corrected chi connectivity index (χ1v) is 6.39. The summed E-state index contributed by atoms with van der Waals surface area (Å²) in [5, 5.41) is 0.727. The first kappa shape index (κ1) is 12.7. The lowest BCUT2D eigenvalue weighted by Gasteiger charge is -2.13. The van der Waals surface area contributed by atoms with Gasteiger partial charge in [-0.25, -0.2) is 4.98 Å². The summed E-state index contributed by atoms with van der Waals surface area (Å²) in [5.41, 5.74) is 1.89. The fraction of sp³-hybridized carbons (Fsp3) is 0.417. The van der Waals surface area contributed by atoms with Crippen molar-refractivity contribution in [2.24, 2.45) is 0 Å². The summed E-state index contributed by atoms with van der Waals surface area (Å²) in [5.74, 6) is 1.27. The number of alkyl halides is 1. The van der Waals surface area contributed by atoms with Gasteiger partial charge in [-0.05, 0) is 26.2 Å². The highest BCUT2D eigenvalue weighted by atomic mass is 35.5. The van der Waals surface area contributed by atoms with Gasteiger partial charge in [0.25, 0.3) is 0 Å². The zero-order chi connectivity index (χ0) is 12.4. The van der Waals surface area contributed by atoms with Crippen molar-refractivity contribution >= 4 is 34.2 Å². The fourth-order valence-corrected chi connectivity index (χ4v) is 2.31. The maximum Gasteiger partial charge on any atom is 0.124 e. The van der Waals surface area contributed by atoms with Gasteiger partial charge in [0.1, 0.15) is 5.82 Å². The van der Waals surface area contributed by atoms with Crippen molar-refractivity contribution in [2.45, 2.75) is 12.4 Å². The highest BCUT2D eigenvalue weighted by molar-refractivity contribution is 6.35. The van der Waals surface area contributed by atoms with Crippen molar-refractivity contribution in [3.05, 3.63) is 29.0 Å². The Labute approximate surface area is 111 Å². The van der Waals surface area contributed by atoms with Crippen molar-refractivity contribution in [1.82, 2.24) is 14.5 Å². The van der Waals surface area contributed by atoms with E-state index in [9.17, 15) is 0 Å². The molecule has 2 rings (SSSR count). The normalized spacial score (nSPS) is 11.6. The number of halogens is 2. The number of hydrogen-bond acceptors (Lipinski definition) is 2. The molecule has 0 aliphatic heterocycles. The Hall–Kier alpha value is -0.770. The molecule has 0 amide bonds. The minimum Gasteiger partial charge on any atom is -0.324 e. The quantitative estimate of drug-likeness (QED) is 0.798. The molecule has 0 unspecified atom stereocenters. The van der Waals surface area contributed by atoms with Gasteiger partial charge in [0.2, 0.25) is 0 Å². The van der Waals surface area contributed by atoms with Gasteiger partial charge in [-0.3, -0.25) is 0 Å². The molecule has 0 fully saturated rings. The molecule has 0 saturated carbocycles. The molecule has 0 aliphatic carbocycles. The Morgan fingerprint density at radius 1 is 1.35 bits per heavy atom. The van der Waals surface area contributed by atoms with Gasteiger partial charge in [0.15, 0.2) is 0 Å². The molecule has 2 aromatic rings. The summed E-state index contributed by atoms with van der Waals surface area (Å²) in [6, 6.07) is 5.76. The van der Waals surface area contributed by atoms with Crippen LogP contribution in [0.5, 0.6) is 0 Å². The average molecular weight is 272 g/mol. The second kappa shape index (κ2) is 5.25. The van der Waals surface area contributed by atoms with Crippen LogP contribution in [0.3, 0.4) is 0 Å². The first-order valence-electron chi connectivity index (χ1n) is 5.48. The van der Waals surface area contributed by atoms with Crippen LogP contribution in [-0.4, -0.2) is 35.1 Å². The lowest BCUT2D eigenvalue weighted by Crippen LogP contribution is -2.19. The van der Waals surface area contributed by atoms with Crippen LogP contribution in [0.2, 0.25) is 5.02 Å². The largest absolute Gasteiger partial charge is 0.324 e. The molecule has 1 aromatic heterocycles. The summed E-state index contributed by atoms with van der Waals surface area (Å²) in [6.45, 7) is 1.77. The molecule has 3 nitrogen and oxygen atoms in total. The molecule has 0 bridgehead atoms. The van der Waals surface area contributed by atoms with E-state index in [4.69, 9.17) is 23.2 Å². The van der Waals surface area contributed by atoms with Crippen molar-refractivity contribution < 1.29 is 0 Å². The van der Waals surface area contributed by atoms with E-state index in [1.54, 1.807) is 0 Å². The summed E-state index contributed by atoms with van der Waals surface area (Å²) >= 11 is 12.2. The van der Waals surface area contributed by atoms with Crippen molar-refractivity contribution in [3.8, 4) is 0 Å². The topological polar surface area (TPSA) is 21.1 Å². The van der Waals surface area contributed by atoms with Crippen LogP contribution in [-0.2, 0) is 12.4 Å². The molecular formula is C12H15Cl2N3. The number of hydrogen-bond donors (Lipinski definition) is 0. The maximum absolute atomic E-state index is 6.23. The number of para-hydroxylation sites is 1. The zero-order valence-corrected chi connectivity index (χ0v) is 11.5. The maximum atomic E-state index is 6.23.